The molecule has 2 heterocycles. The Morgan fingerprint density at radius 2 is 1.96 bits per heavy atom. The number of carbonyl (C=O) groups is 1. The van der Waals surface area contributed by atoms with E-state index in [2.05, 4.69) is 5.32 Å². The molecule has 1 amide bonds. The number of nitrogens with one attached hydrogen (secondary N) is 1. The molecule has 0 fully saturated rings. The van der Waals surface area contributed by atoms with Gasteiger partial charge in [-0.15, -0.1) is 0 Å². The molecular formula is C16H12ClF3N2O4. The zero-order valence-corrected chi connectivity index (χ0v) is 14.0. The van der Waals surface area contributed by atoms with Gasteiger partial charge in [-0.3, -0.25) is 9.59 Å². The molecule has 0 radical (unpaired) electrons. The highest BCUT2D eigenvalue weighted by molar-refractivity contribution is 6.30. The number of nitrogens with zero attached hydrogens (tertiary/aromatic N) is 1. The number of hydrogen-bond acceptors (Lipinski definition) is 4. The van der Waals surface area contributed by atoms with Crippen LogP contribution in [0.4, 0.5) is 18.9 Å². The average Bonchev–Trinajstić information content (AvgIpc) is 3.03. The highest BCUT2D eigenvalue weighted by atomic mass is 35.5. The zero-order chi connectivity index (χ0) is 19.1. The number of pyridine rings is 1. The van der Waals surface area contributed by atoms with Gasteiger partial charge >= 0.3 is 6.18 Å². The van der Waals surface area contributed by atoms with Crippen molar-refractivity contribution in [1.29, 1.82) is 0 Å². The monoisotopic (exact) mass is 388 g/mol. The largest absolute Gasteiger partial charge is 0.454 e. The fourth-order valence-corrected chi connectivity index (χ4v) is 2.57. The second kappa shape index (κ2) is 6.56. The van der Waals surface area contributed by atoms with Crippen LogP contribution in [-0.2, 0) is 11.0 Å². The van der Waals surface area contributed by atoms with Gasteiger partial charge in [0.1, 0.15) is 11.1 Å². The average molecular weight is 389 g/mol. The summed E-state index contributed by atoms with van der Waals surface area (Å²) in [7, 11) is 0. The Balaban J connectivity index is 1.87. The Bertz CT molecular complexity index is 927. The lowest BCUT2D eigenvalue weighted by atomic mass is 10.2. The molecule has 6 nitrogen and oxygen atoms in total. The molecule has 0 saturated carbocycles. The van der Waals surface area contributed by atoms with Crippen LogP contribution in [0.2, 0.25) is 5.02 Å². The highest BCUT2D eigenvalue weighted by Crippen LogP contribution is 2.34. The number of alkyl halides is 3. The molecule has 1 aliphatic rings. The van der Waals surface area contributed by atoms with Crippen molar-refractivity contribution in [3.8, 4) is 11.5 Å². The second-order valence-corrected chi connectivity index (χ2v) is 5.93. The quantitative estimate of drug-likeness (QED) is 0.874. The first kappa shape index (κ1) is 18.1. The minimum absolute atomic E-state index is 0.0568. The molecule has 1 aliphatic heterocycles. The molecule has 0 aliphatic carbocycles. The third-order valence-electron chi connectivity index (χ3n) is 3.76. The van der Waals surface area contributed by atoms with Crippen molar-refractivity contribution in [2.75, 3.05) is 12.1 Å². The number of amides is 1. The van der Waals surface area contributed by atoms with Gasteiger partial charge in [-0.05, 0) is 25.1 Å². The van der Waals surface area contributed by atoms with E-state index in [1.165, 1.54) is 13.0 Å². The van der Waals surface area contributed by atoms with Crippen LogP contribution in [0.25, 0.3) is 0 Å². The number of carbonyl (C=O) groups excluding carboxylic acids is 1. The summed E-state index contributed by atoms with van der Waals surface area (Å²) in [6.45, 7) is 1.35. The molecule has 2 aromatic rings. The van der Waals surface area contributed by atoms with Crippen molar-refractivity contribution >= 4 is 23.2 Å². The summed E-state index contributed by atoms with van der Waals surface area (Å²) in [6.07, 6.45) is -4.13. The van der Waals surface area contributed by atoms with E-state index >= 15 is 0 Å². The molecule has 0 bridgehead atoms. The zero-order valence-electron chi connectivity index (χ0n) is 13.3. The SMILES string of the molecule is C[C@@H](C(=O)Nc1ccc2c(c1)OCO2)n1cc(C(F)(F)F)cc(Cl)c1=O. The van der Waals surface area contributed by atoms with Crippen LogP contribution in [0.3, 0.4) is 0 Å². The lowest BCUT2D eigenvalue weighted by molar-refractivity contribution is -0.138. The number of rotatable bonds is 3. The minimum atomic E-state index is -4.70. The number of halogens is 4. The summed E-state index contributed by atoms with van der Waals surface area (Å²) in [5, 5.41) is 1.89. The van der Waals surface area contributed by atoms with Crippen molar-refractivity contribution in [2.24, 2.45) is 0 Å². The number of fused-ring (bicyclic) bond motifs is 1. The Labute approximate surface area is 150 Å². The van der Waals surface area contributed by atoms with Crippen LogP contribution < -0.4 is 20.3 Å². The Morgan fingerprint density at radius 1 is 1.27 bits per heavy atom. The summed E-state index contributed by atoms with van der Waals surface area (Å²) in [5.74, 6) is 0.244. The van der Waals surface area contributed by atoms with Crippen LogP contribution in [0.1, 0.15) is 18.5 Å². The van der Waals surface area contributed by atoms with Crippen LogP contribution in [0.15, 0.2) is 35.3 Å². The summed E-state index contributed by atoms with van der Waals surface area (Å²) in [5.41, 5.74) is -1.67. The van der Waals surface area contributed by atoms with Crippen molar-refractivity contribution in [2.45, 2.75) is 19.1 Å². The van der Waals surface area contributed by atoms with E-state index < -0.39 is 34.3 Å². The summed E-state index contributed by atoms with van der Waals surface area (Å²) < 4.78 is 49.7. The predicted molar refractivity (Wildman–Crippen MR) is 86.6 cm³/mol. The van der Waals surface area contributed by atoms with Gasteiger partial charge in [0.15, 0.2) is 11.5 Å². The van der Waals surface area contributed by atoms with E-state index in [1.54, 1.807) is 12.1 Å². The molecule has 0 spiro atoms. The molecule has 26 heavy (non-hydrogen) atoms. The molecule has 1 aromatic carbocycles. The first-order valence-corrected chi connectivity index (χ1v) is 7.74. The van der Waals surface area contributed by atoms with E-state index in [0.717, 1.165) is 0 Å². The fraction of sp³-hybridized carbons (Fsp3) is 0.250. The molecule has 1 aromatic heterocycles. The van der Waals surface area contributed by atoms with E-state index in [0.29, 0.717) is 34.0 Å². The van der Waals surface area contributed by atoms with Gasteiger partial charge < -0.3 is 19.4 Å². The van der Waals surface area contributed by atoms with E-state index in [9.17, 15) is 22.8 Å². The van der Waals surface area contributed by atoms with Gasteiger partial charge in [0.05, 0.1) is 5.56 Å². The van der Waals surface area contributed by atoms with Crippen LogP contribution >= 0.6 is 11.6 Å². The number of aromatic nitrogens is 1. The molecule has 10 heteroatoms. The van der Waals surface area contributed by atoms with Gasteiger partial charge in [-0.25, -0.2) is 0 Å². The van der Waals surface area contributed by atoms with E-state index in [-0.39, 0.29) is 6.79 Å². The maximum Gasteiger partial charge on any atom is 0.417 e. The summed E-state index contributed by atoms with van der Waals surface area (Å²) in [6, 6.07) is 3.93. The topological polar surface area (TPSA) is 69.6 Å². The van der Waals surface area contributed by atoms with Gasteiger partial charge in [0, 0.05) is 18.0 Å². The van der Waals surface area contributed by atoms with E-state index in [4.69, 9.17) is 21.1 Å². The normalized spacial score (nSPS) is 14.2. The predicted octanol–water partition coefficient (Wildman–Crippen LogP) is 3.45. The summed E-state index contributed by atoms with van der Waals surface area (Å²) in [4.78, 5) is 24.4. The molecule has 0 unspecified atom stereocenters. The minimum Gasteiger partial charge on any atom is -0.454 e. The second-order valence-electron chi connectivity index (χ2n) is 5.52. The molecule has 3 rings (SSSR count). The molecule has 1 atom stereocenters. The smallest absolute Gasteiger partial charge is 0.417 e. The maximum absolute atomic E-state index is 12.9. The van der Waals surface area contributed by atoms with E-state index in [1.807, 2.05) is 0 Å². The molecule has 138 valence electrons. The fourth-order valence-electron chi connectivity index (χ4n) is 2.36. The first-order valence-electron chi connectivity index (χ1n) is 7.36. The number of anilines is 1. The number of benzene rings is 1. The van der Waals surface area contributed by atoms with Gasteiger partial charge in [-0.1, -0.05) is 11.6 Å². The number of ether oxygens (including phenoxy) is 2. The number of hydrogen-bond donors (Lipinski definition) is 1. The van der Waals surface area contributed by atoms with Crippen LogP contribution in [0.5, 0.6) is 11.5 Å². The van der Waals surface area contributed by atoms with Crippen molar-refractivity contribution in [1.82, 2.24) is 4.57 Å². The van der Waals surface area contributed by atoms with Crippen molar-refractivity contribution in [3.05, 3.63) is 51.4 Å². The third-order valence-corrected chi connectivity index (χ3v) is 4.03. The van der Waals surface area contributed by atoms with Gasteiger partial charge in [0.25, 0.3) is 5.56 Å². The van der Waals surface area contributed by atoms with Crippen molar-refractivity contribution in [3.63, 3.8) is 0 Å². The lowest BCUT2D eigenvalue weighted by Crippen LogP contribution is -2.32. The first-order chi connectivity index (χ1) is 12.2. The van der Waals surface area contributed by atoms with Crippen molar-refractivity contribution < 1.29 is 27.4 Å². The summed E-state index contributed by atoms with van der Waals surface area (Å²) >= 11 is 5.60. The lowest BCUT2D eigenvalue weighted by Gasteiger charge is -2.18. The standard InChI is InChI=1S/C16H12ClF3N2O4/c1-8(22-6-9(16(18,19)20)4-11(17)15(22)24)14(23)21-10-2-3-12-13(5-10)26-7-25-12/h2-6,8H,7H2,1H3,(H,21,23)/t8-/m0/s1. The Kier molecular flexibility index (Phi) is 4.57. The Hall–Kier alpha value is -2.68. The maximum atomic E-state index is 12.9. The van der Waals surface area contributed by atoms with Crippen LogP contribution in [0, 0.1) is 0 Å². The van der Waals surface area contributed by atoms with Crippen LogP contribution in [-0.4, -0.2) is 17.3 Å². The molecule has 0 saturated heterocycles. The highest BCUT2D eigenvalue weighted by Gasteiger charge is 2.33. The molecular weight excluding hydrogens is 377 g/mol. The molecule has 1 N–H and O–H groups in total. The van der Waals surface area contributed by atoms with Gasteiger partial charge in [-0.2, -0.15) is 13.2 Å². The third kappa shape index (κ3) is 3.48. The Morgan fingerprint density at radius 3 is 2.65 bits per heavy atom. The van der Waals surface area contributed by atoms with Gasteiger partial charge in [0.2, 0.25) is 12.7 Å².